The second kappa shape index (κ2) is 10.3. The summed E-state index contributed by atoms with van der Waals surface area (Å²) in [5, 5.41) is 3.93. The van der Waals surface area contributed by atoms with Gasteiger partial charge in [0.25, 0.3) is 0 Å². The van der Waals surface area contributed by atoms with Crippen LogP contribution < -0.4 is 9.64 Å². The van der Waals surface area contributed by atoms with Gasteiger partial charge in [-0.25, -0.2) is 4.39 Å². The summed E-state index contributed by atoms with van der Waals surface area (Å²) >= 11 is 0. The van der Waals surface area contributed by atoms with Crippen molar-refractivity contribution in [1.82, 2.24) is 10.1 Å². The van der Waals surface area contributed by atoms with Crippen molar-refractivity contribution in [3.8, 4) is 5.75 Å². The van der Waals surface area contributed by atoms with Gasteiger partial charge < -0.3 is 23.6 Å². The molecule has 2 aromatic rings. The van der Waals surface area contributed by atoms with E-state index in [2.05, 4.69) is 19.8 Å². The van der Waals surface area contributed by atoms with Gasteiger partial charge in [-0.05, 0) is 55.1 Å². The molecule has 1 aromatic heterocycles. The Hall–Kier alpha value is -2.68. The van der Waals surface area contributed by atoms with E-state index in [0.29, 0.717) is 48.2 Å². The fourth-order valence-corrected chi connectivity index (χ4v) is 4.58. The van der Waals surface area contributed by atoms with Crippen LogP contribution in [0.2, 0.25) is 0 Å². The van der Waals surface area contributed by atoms with Gasteiger partial charge in [-0.15, -0.1) is 0 Å². The monoisotopic (exact) mass is 447 g/mol. The zero-order chi connectivity index (χ0) is 22.5. The summed E-state index contributed by atoms with van der Waals surface area (Å²) in [4.78, 5) is 17.8. The van der Waals surface area contributed by atoms with E-state index in [0.717, 1.165) is 38.3 Å². The third-order valence-electron chi connectivity index (χ3n) is 6.47. The van der Waals surface area contributed by atoms with Crippen molar-refractivity contribution < 1.29 is 27.9 Å². The Morgan fingerprint density at radius 2 is 2.09 bits per heavy atom. The minimum atomic E-state index is -0.462. The van der Waals surface area contributed by atoms with Crippen LogP contribution in [0.4, 0.5) is 10.4 Å². The topological polar surface area (TPSA) is 86.9 Å². The highest BCUT2D eigenvalue weighted by molar-refractivity contribution is 5.72. The van der Waals surface area contributed by atoms with Gasteiger partial charge in [-0.3, -0.25) is 4.79 Å². The minimum absolute atomic E-state index is 0.0774. The molecule has 2 heterocycles. The average molecular weight is 448 g/mol. The summed E-state index contributed by atoms with van der Waals surface area (Å²) in [7, 11) is 2.90. The second-order valence-corrected chi connectivity index (χ2v) is 8.55. The van der Waals surface area contributed by atoms with E-state index in [1.54, 1.807) is 19.2 Å². The van der Waals surface area contributed by atoms with Crippen LogP contribution >= 0.6 is 0 Å². The fraction of sp³-hybridized carbons (Fsp3) is 0.609. The molecule has 0 amide bonds. The first-order valence-electron chi connectivity index (χ1n) is 11.1. The quantitative estimate of drug-likeness (QED) is 0.512. The van der Waals surface area contributed by atoms with Gasteiger partial charge in [-0.2, -0.15) is 4.98 Å². The molecule has 1 aromatic carbocycles. The van der Waals surface area contributed by atoms with E-state index in [1.165, 1.54) is 19.6 Å². The van der Waals surface area contributed by atoms with Crippen LogP contribution in [0.5, 0.6) is 5.75 Å². The lowest BCUT2D eigenvalue weighted by Gasteiger charge is -2.30. The number of benzene rings is 1. The zero-order valence-corrected chi connectivity index (χ0v) is 18.6. The Morgan fingerprint density at radius 3 is 2.81 bits per heavy atom. The van der Waals surface area contributed by atoms with Crippen molar-refractivity contribution in [3.05, 3.63) is 35.4 Å². The van der Waals surface area contributed by atoms with Gasteiger partial charge >= 0.3 is 12.0 Å². The number of anilines is 1. The van der Waals surface area contributed by atoms with Crippen LogP contribution in [0.3, 0.4) is 0 Å². The standard InChI is InChI=1S/C23H30FN3O5/c1-29-14-21-25-23(32-26-21)27-8-5-15(6-9-27)19-11-16(19)7-10-31-18-4-3-17(20(24)13-18)12-22(28)30-2/h3-4,13,15-16,19H,5-12,14H2,1-2H3/t16-,19-/m1/s1. The van der Waals surface area contributed by atoms with Gasteiger partial charge in [0.2, 0.25) is 0 Å². The van der Waals surface area contributed by atoms with Crippen molar-refractivity contribution >= 4 is 12.0 Å². The lowest BCUT2D eigenvalue weighted by atomic mass is 9.90. The van der Waals surface area contributed by atoms with Crippen LogP contribution in [0.1, 0.15) is 37.1 Å². The molecular formula is C23H30FN3O5. The molecule has 4 rings (SSSR count). The van der Waals surface area contributed by atoms with E-state index in [1.807, 2.05) is 0 Å². The summed E-state index contributed by atoms with van der Waals surface area (Å²) < 4.78 is 34.8. The first-order valence-corrected chi connectivity index (χ1v) is 11.1. The summed E-state index contributed by atoms with van der Waals surface area (Å²) in [6.07, 6.45) is 4.37. The predicted octanol–water partition coefficient (Wildman–Crippen LogP) is 3.39. The molecule has 2 fully saturated rings. The molecule has 32 heavy (non-hydrogen) atoms. The number of halogens is 1. The summed E-state index contributed by atoms with van der Waals surface area (Å²) in [5.41, 5.74) is 0.313. The molecular weight excluding hydrogens is 417 g/mol. The number of ether oxygens (including phenoxy) is 3. The molecule has 0 bridgehead atoms. The second-order valence-electron chi connectivity index (χ2n) is 8.55. The number of rotatable bonds is 10. The Bertz CT molecular complexity index is 913. The summed E-state index contributed by atoms with van der Waals surface area (Å²) in [5.74, 6) is 2.29. The highest BCUT2D eigenvalue weighted by Crippen LogP contribution is 2.49. The molecule has 0 radical (unpaired) electrons. The molecule has 1 saturated heterocycles. The molecule has 1 saturated carbocycles. The number of methoxy groups -OCH3 is 2. The normalized spacial score (nSPS) is 20.9. The maximum atomic E-state index is 14.1. The number of aromatic nitrogens is 2. The number of nitrogens with zero attached hydrogens (tertiary/aromatic N) is 3. The third kappa shape index (κ3) is 5.56. The number of carbonyl (C=O) groups excluding carboxylic acids is 1. The van der Waals surface area contributed by atoms with E-state index in [-0.39, 0.29) is 6.42 Å². The molecule has 2 aliphatic rings. The van der Waals surface area contributed by atoms with Crippen LogP contribution in [0.15, 0.2) is 22.7 Å². The predicted molar refractivity (Wildman–Crippen MR) is 114 cm³/mol. The lowest BCUT2D eigenvalue weighted by molar-refractivity contribution is -0.139. The largest absolute Gasteiger partial charge is 0.493 e. The molecule has 1 aliphatic heterocycles. The molecule has 0 unspecified atom stereocenters. The third-order valence-corrected chi connectivity index (χ3v) is 6.47. The maximum Gasteiger partial charge on any atom is 0.324 e. The number of hydrogen-bond donors (Lipinski definition) is 0. The first kappa shape index (κ1) is 22.5. The maximum absolute atomic E-state index is 14.1. The van der Waals surface area contributed by atoms with E-state index >= 15 is 0 Å². The minimum Gasteiger partial charge on any atom is -0.493 e. The number of piperidine rings is 1. The van der Waals surface area contributed by atoms with Crippen molar-refractivity contribution in [1.29, 1.82) is 0 Å². The molecule has 2 atom stereocenters. The Morgan fingerprint density at radius 1 is 1.28 bits per heavy atom. The van der Waals surface area contributed by atoms with E-state index in [4.69, 9.17) is 14.0 Å². The Balaban J connectivity index is 1.16. The molecule has 8 nitrogen and oxygen atoms in total. The highest BCUT2D eigenvalue weighted by atomic mass is 19.1. The van der Waals surface area contributed by atoms with Crippen LogP contribution in [0, 0.1) is 23.6 Å². The van der Waals surface area contributed by atoms with E-state index < -0.39 is 11.8 Å². The van der Waals surface area contributed by atoms with Crippen molar-refractivity contribution in [3.63, 3.8) is 0 Å². The summed E-state index contributed by atoms with van der Waals surface area (Å²) in [6, 6.07) is 5.21. The van der Waals surface area contributed by atoms with E-state index in [9.17, 15) is 9.18 Å². The summed E-state index contributed by atoms with van der Waals surface area (Å²) in [6.45, 7) is 2.78. The molecule has 0 N–H and O–H groups in total. The highest BCUT2D eigenvalue weighted by Gasteiger charge is 2.43. The van der Waals surface area contributed by atoms with Gasteiger partial charge in [0.15, 0.2) is 5.82 Å². The Kier molecular flexibility index (Phi) is 7.24. The van der Waals surface area contributed by atoms with Crippen LogP contribution in [-0.4, -0.2) is 50.0 Å². The van der Waals surface area contributed by atoms with Gasteiger partial charge in [0.05, 0.1) is 20.1 Å². The van der Waals surface area contributed by atoms with Gasteiger partial charge in [-0.1, -0.05) is 11.2 Å². The lowest BCUT2D eigenvalue weighted by Crippen LogP contribution is -2.34. The van der Waals surface area contributed by atoms with Crippen molar-refractivity contribution in [2.24, 2.45) is 17.8 Å². The van der Waals surface area contributed by atoms with Gasteiger partial charge in [0, 0.05) is 26.3 Å². The smallest absolute Gasteiger partial charge is 0.324 e. The van der Waals surface area contributed by atoms with Crippen molar-refractivity contribution in [2.45, 2.75) is 38.7 Å². The van der Waals surface area contributed by atoms with Crippen LogP contribution in [-0.2, 0) is 27.3 Å². The van der Waals surface area contributed by atoms with Crippen molar-refractivity contribution in [2.75, 3.05) is 38.8 Å². The molecule has 0 spiro atoms. The first-order chi connectivity index (χ1) is 15.6. The molecule has 174 valence electrons. The Labute approximate surface area is 187 Å². The fourth-order valence-electron chi connectivity index (χ4n) is 4.58. The molecule has 1 aliphatic carbocycles. The SMILES string of the molecule is COCc1noc(N2CCC([C@H]3C[C@H]3CCOc3ccc(CC(=O)OC)c(F)c3)CC2)n1. The number of esters is 1. The van der Waals surface area contributed by atoms with Crippen LogP contribution in [0.25, 0.3) is 0 Å². The van der Waals surface area contributed by atoms with Gasteiger partial charge in [0.1, 0.15) is 18.2 Å². The number of carbonyl (C=O) groups is 1. The number of hydrogen-bond acceptors (Lipinski definition) is 8. The zero-order valence-electron chi connectivity index (χ0n) is 18.6. The molecule has 9 heteroatoms. The average Bonchev–Trinajstić information content (AvgIpc) is 3.42.